The van der Waals surface area contributed by atoms with Gasteiger partial charge in [-0.1, -0.05) is 72.5 Å². The van der Waals surface area contributed by atoms with Gasteiger partial charge in [0.2, 0.25) is 0 Å². The van der Waals surface area contributed by atoms with Crippen LogP contribution in [0, 0.1) is 23.2 Å². The van der Waals surface area contributed by atoms with Crippen LogP contribution >= 0.6 is 15.9 Å². The van der Waals surface area contributed by atoms with Crippen molar-refractivity contribution in [1.82, 2.24) is 0 Å². The van der Waals surface area contributed by atoms with E-state index in [0.717, 1.165) is 38.0 Å². The van der Waals surface area contributed by atoms with E-state index in [0.29, 0.717) is 17.3 Å². The Morgan fingerprint density at radius 1 is 1.30 bits per heavy atom. The van der Waals surface area contributed by atoms with Crippen LogP contribution in [0.15, 0.2) is 35.5 Å². The van der Waals surface area contributed by atoms with Crippen LogP contribution in [0.3, 0.4) is 0 Å². The standard InChI is InChI=1S/C29H45BrO3/c1-20-10-13-24(33-27(31)19-30)18-23(20)12-11-22-9-7-17-29(5)25(14-15-26(22)29)21(2)8-6-16-28(3,4)32/h11-12,21,24-26,32H,1,6-10,13-19H2,2-5H3/b22-11+,23-12-/t21-,24+,25-,26?,29-/m1/s1. The van der Waals surface area contributed by atoms with Gasteiger partial charge in [-0.25, -0.2) is 0 Å². The number of ether oxygens (including phenoxy) is 1. The van der Waals surface area contributed by atoms with E-state index in [-0.39, 0.29) is 17.4 Å². The van der Waals surface area contributed by atoms with Crippen molar-refractivity contribution in [3.63, 3.8) is 0 Å². The van der Waals surface area contributed by atoms with Gasteiger partial charge in [0.1, 0.15) is 11.4 Å². The lowest BCUT2D eigenvalue weighted by Gasteiger charge is -2.44. The first kappa shape index (κ1) is 26.7. The van der Waals surface area contributed by atoms with Gasteiger partial charge in [-0.15, -0.1) is 0 Å². The van der Waals surface area contributed by atoms with E-state index >= 15 is 0 Å². The third-order valence-electron chi connectivity index (χ3n) is 8.75. The molecule has 0 aromatic rings. The Labute approximate surface area is 210 Å². The Bertz CT molecular complexity index is 774. The summed E-state index contributed by atoms with van der Waals surface area (Å²) in [5, 5.41) is 10.3. The molecule has 0 amide bonds. The topological polar surface area (TPSA) is 46.5 Å². The predicted molar refractivity (Wildman–Crippen MR) is 140 cm³/mol. The second kappa shape index (κ2) is 11.2. The maximum absolute atomic E-state index is 11.7. The van der Waals surface area contributed by atoms with Crippen molar-refractivity contribution in [2.75, 3.05) is 5.33 Å². The number of fused-ring (bicyclic) bond motifs is 1. The molecule has 0 radical (unpaired) electrons. The molecule has 0 aliphatic heterocycles. The second-order valence-electron chi connectivity index (χ2n) is 11.8. The van der Waals surface area contributed by atoms with Crippen LogP contribution in [0.4, 0.5) is 0 Å². The smallest absolute Gasteiger partial charge is 0.316 e. The van der Waals surface area contributed by atoms with Crippen molar-refractivity contribution in [3.05, 3.63) is 35.5 Å². The summed E-state index contributed by atoms with van der Waals surface area (Å²) in [5.41, 5.74) is 3.91. The van der Waals surface area contributed by atoms with Gasteiger partial charge < -0.3 is 9.84 Å². The fourth-order valence-electron chi connectivity index (χ4n) is 6.97. The van der Waals surface area contributed by atoms with Gasteiger partial charge in [0, 0.05) is 6.42 Å². The largest absolute Gasteiger partial charge is 0.461 e. The zero-order valence-corrected chi connectivity index (χ0v) is 22.9. The van der Waals surface area contributed by atoms with E-state index in [1.54, 1.807) is 5.57 Å². The highest BCUT2D eigenvalue weighted by Crippen LogP contribution is 2.60. The highest BCUT2D eigenvalue weighted by Gasteiger charge is 2.50. The molecular weight excluding hydrogens is 476 g/mol. The first-order valence-corrected chi connectivity index (χ1v) is 14.2. The minimum atomic E-state index is -0.551. The molecule has 1 N–H and O–H groups in total. The molecule has 33 heavy (non-hydrogen) atoms. The molecule has 3 rings (SSSR count). The van der Waals surface area contributed by atoms with E-state index < -0.39 is 5.60 Å². The van der Waals surface area contributed by atoms with Gasteiger partial charge in [-0.3, -0.25) is 4.79 Å². The van der Waals surface area contributed by atoms with Crippen LogP contribution in [-0.2, 0) is 9.53 Å². The molecule has 5 atom stereocenters. The van der Waals surface area contributed by atoms with Crippen molar-refractivity contribution in [3.8, 4) is 0 Å². The van der Waals surface area contributed by atoms with Crippen molar-refractivity contribution < 1.29 is 14.6 Å². The number of esters is 1. The van der Waals surface area contributed by atoms with Gasteiger partial charge in [0.05, 0.1) is 5.60 Å². The van der Waals surface area contributed by atoms with Crippen LogP contribution in [0.25, 0.3) is 0 Å². The summed E-state index contributed by atoms with van der Waals surface area (Å²) in [6.07, 6.45) is 16.9. The molecular formula is C29H45BrO3. The Morgan fingerprint density at radius 2 is 2.06 bits per heavy atom. The Hall–Kier alpha value is -0.870. The summed E-state index contributed by atoms with van der Waals surface area (Å²) in [6, 6.07) is 0. The zero-order valence-electron chi connectivity index (χ0n) is 21.3. The van der Waals surface area contributed by atoms with Gasteiger partial charge >= 0.3 is 5.97 Å². The van der Waals surface area contributed by atoms with E-state index in [1.165, 1.54) is 49.7 Å². The fourth-order valence-corrected chi connectivity index (χ4v) is 7.10. The van der Waals surface area contributed by atoms with Crippen molar-refractivity contribution in [2.24, 2.45) is 23.2 Å². The van der Waals surface area contributed by atoms with Gasteiger partial charge in [-0.2, -0.15) is 0 Å². The number of hydrogen-bond donors (Lipinski definition) is 1. The molecule has 3 aliphatic rings. The lowest BCUT2D eigenvalue weighted by molar-refractivity contribution is -0.146. The van der Waals surface area contributed by atoms with Crippen molar-refractivity contribution in [1.29, 1.82) is 0 Å². The number of allylic oxidation sites excluding steroid dienone is 4. The number of hydrogen-bond acceptors (Lipinski definition) is 3. The second-order valence-corrected chi connectivity index (χ2v) is 12.4. The van der Waals surface area contributed by atoms with Crippen LogP contribution < -0.4 is 0 Å². The highest BCUT2D eigenvalue weighted by molar-refractivity contribution is 9.09. The molecule has 0 heterocycles. The maximum Gasteiger partial charge on any atom is 0.316 e. The molecule has 0 aromatic carbocycles. The predicted octanol–water partition coefficient (Wildman–Crippen LogP) is 7.68. The summed E-state index contributed by atoms with van der Waals surface area (Å²) >= 11 is 3.19. The summed E-state index contributed by atoms with van der Waals surface area (Å²) in [5.74, 6) is 1.99. The molecule has 0 bridgehead atoms. The third-order valence-corrected chi connectivity index (χ3v) is 9.21. The number of aliphatic hydroxyl groups is 1. The Kier molecular flexibility index (Phi) is 9.11. The molecule has 0 spiro atoms. The molecule has 3 nitrogen and oxygen atoms in total. The van der Waals surface area contributed by atoms with E-state index in [1.807, 2.05) is 13.8 Å². The zero-order chi connectivity index (χ0) is 24.2. The normalized spacial score (nSPS) is 33.9. The number of halogens is 1. The van der Waals surface area contributed by atoms with Crippen molar-refractivity contribution in [2.45, 2.75) is 110 Å². The number of rotatable bonds is 8. The molecule has 3 fully saturated rings. The Balaban J connectivity index is 1.67. The lowest BCUT2D eigenvalue weighted by atomic mass is 9.60. The SMILES string of the molecule is C=C1CC[C@H](OC(=O)CBr)C/C1=C/C=C1\CCC[C@@]2(C)C1CC[C@@H]2[C@H](C)CCCC(C)(C)O. The first-order valence-electron chi connectivity index (χ1n) is 13.1. The number of carbonyl (C=O) groups excluding carboxylic acids is 1. The molecule has 0 saturated heterocycles. The number of carbonyl (C=O) groups is 1. The van der Waals surface area contributed by atoms with E-state index in [4.69, 9.17) is 4.74 Å². The molecule has 0 aromatic heterocycles. The van der Waals surface area contributed by atoms with Crippen LogP contribution in [0.2, 0.25) is 0 Å². The molecule has 4 heteroatoms. The average molecular weight is 522 g/mol. The fraction of sp³-hybridized carbons (Fsp3) is 0.759. The van der Waals surface area contributed by atoms with Gasteiger partial charge in [-0.05, 0) is 94.0 Å². The quantitative estimate of drug-likeness (QED) is 0.263. The van der Waals surface area contributed by atoms with Crippen LogP contribution in [0.5, 0.6) is 0 Å². The Morgan fingerprint density at radius 3 is 2.76 bits per heavy atom. The monoisotopic (exact) mass is 520 g/mol. The third kappa shape index (κ3) is 6.84. The minimum absolute atomic E-state index is 0.0255. The highest BCUT2D eigenvalue weighted by atomic mass is 79.9. The lowest BCUT2D eigenvalue weighted by Crippen LogP contribution is -2.36. The maximum atomic E-state index is 11.7. The van der Waals surface area contributed by atoms with E-state index in [2.05, 4.69) is 48.5 Å². The molecule has 1 unspecified atom stereocenters. The van der Waals surface area contributed by atoms with E-state index in [9.17, 15) is 9.90 Å². The average Bonchev–Trinajstić information content (AvgIpc) is 3.10. The summed E-state index contributed by atoms with van der Waals surface area (Å²) in [4.78, 5) is 11.7. The summed E-state index contributed by atoms with van der Waals surface area (Å²) < 4.78 is 5.59. The van der Waals surface area contributed by atoms with Crippen molar-refractivity contribution >= 4 is 21.9 Å². The molecule has 3 saturated carbocycles. The first-order chi connectivity index (χ1) is 15.5. The molecule has 186 valence electrons. The summed E-state index contributed by atoms with van der Waals surface area (Å²) in [6.45, 7) is 13.1. The molecule has 3 aliphatic carbocycles. The van der Waals surface area contributed by atoms with Crippen LogP contribution in [0.1, 0.15) is 98.3 Å². The summed E-state index contributed by atoms with van der Waals surface area (Å²) in [7, 11) is 0. The van der Waals surface area contributed by atoms with Gasteiger partial charge in [0.15, 0.2) is 0 Å². The van der Waals surface area contributed by atoms with Gasteiger partial charge in [0.25, 0.3) is 0 Å². The van der Waals surface area contributed by atoms with Crippen LogP contribution in [-0.4, -0.2) is 28.1 Å². The number of alkyl halides is 1. The minimum Gasteiger partial charge on any atom is -0.461 e.